The van der Waals surface area contributed by atoms with Crippen LogP contribution in [0.4, 0.5) is 11.5 Å². The number of rotatable bonds is 4. The molecule has 10 nitrogen and oxygen atoms in total. The monoisotopic (exact) mass is 440 g/mol. The number of aromatic hydroxyl groups is 1. The van der Waals surface area contributed by atoms with Crippen molar-refractivity contribution < 1.29 is 9.90 Å². The highest BCUT2D eigenvalue weighted by Gasteiger charge is 2.23. The predicted molar refractivity (Wildman–Crippen MR) is 121 cm³/mol. The van der Waals surface area contributed by atoms with Gasteiger partial charge in [-0.3, -0.25) is 4.79 Å². The summed E-state index contributed by atoms with van der Waals surface area (Å²) in [5, 5.41) is 37.0. The minimum atomic E-state index is -0.508. The van der Waals surface area contributed by atoms with Crippen LogP contribution in [0.1, 0.15) is 36.7 Å². The van der Waals surface area contributed by atoms with Gasteiger partial charge < -0.3 is 10.4 Å². The molecule has 0 bridgehead atoms. The number of nitriles is 1. The van der Waals surface area contributed by atoms with E-state index < -0.39 is 11.4 Å². The Labute approximate surface area is 189 Å². The van der Waals surface area contributed by atoms with E-state index in [0.29, 0.717) is 10.8 Å². The molecule has 2 heterocycles. The number of nitrogens with zero attached hydrogens (tertiary/aromatic N) is 7. The lowest BCUT2D eigenvalue weighted by Crippen LogP contribution is -2.40. The number of amides is 1. The lowest BCUT2D eigenvalue weighted by atomic mass is 10.00. The fourth-order valence-corrected chi connectivity index (χ4v) is 3.20. The second-order valence-corrected chi connectivity index (χ2v) is 8.20. The predicted octanol–water partition coefficient (Wildman–Crippen LogP) is 4.34. The Bertz CT molecular complexity index is 1410. The van der Waals surface area contributed by atoms with Crippen LogP contribution in [0.15, 0.2) is 65.2 Å². The zero-order valence-corrected chi connectivity index (χ0v) is 18.2. The van der Waals surface area contributed by atoms with Crippen LogP contribution < -0.4 is 5.32 Å². The highest BCUT2D eigenvalue weighted by atomic mass is 16.3. The number of aromatic nitrogens is 4. The molecule has 4 rings (SSSR count). The third kappa shape index (κ3) is 4.38. The first-order chi connectivity index (χ1) is 15.8. The SMILES string of the molecule is CC(C)(C)NC(=O)c1c(O)c(N=Nc2c(C#N)cnn2-c2ncccn2)cc2ccccc12. The van der Waals surface area contributed by atoms with Crippen molar-refractivity contribution in [2.24, 2.45) is 10.2 Å². The van der Waals surface area contributed by atoms with Gasteiger partial charge in [0.15, 0.2) is 11.6 Å². The second kappa shape index (κ2) is 8.47. The summed E-state index contributed by atoms with van der Waals surface area (Å²) in [7, 11) is 0. The Hall–Kier alpha value is -4.65. The van der Waals surface area contributed by atoms with E-state index in [1.54, 1.807) is 24.3 Å². The smallest absolute Gasteiger partial charge is 0.256 e. The van der Waals surface area contributed by atoms with Crippen LogP contribution in [0, 0.1) is 11.3 Å². The first-order valence-electron chi connectivity index (χ1n) is 10.0. The summed E-state index contributed by atoms with van der Waals surface area (Å²) in [6.45, 7) is 5.55. The van der Waals surface area contributed by atoms with Gasteiger partial charge in [0.05, 0.1) is 11.8 Å². The first kappa shape index (κ1) is 21.6. The summed E-state index contributed by atoms with van der Waals surface area (Å²) >= 11 is 0. The molecule has 0 aliphatic heterocycles. The average Bonchev–Trinajstić information content (AvgIpc) is 3.20. The highest BCUT2D eigenvalue weighted by molar-refractivity contribution is 6.11. The van der Waals surface area contributed by atoms with E-state index in [2.05, 4.69) is 30.6 Å². The summed E-state index contributed by atoms with van der Waals surface area (Å²) in [6.07, 6.45) is 4.39. The Morgan fingerprint density at radius 3 is 2.58 bits per heavy atom. The largest absolute Gasteiger partial charge is 0.505 e. The molecule has 0 atom stereocenters. The van der Waals surface area contributed by atoms with Crippen LogP contribution >= 0.6 is 0 Å². The maximum absolute atomic E-state index is 13.0. The quantitative estimate of drug-likeness (QED) is 0.452. The van der Waals surface area contributed by atoms with E-state index in [1.807, 2.05) is 39.0 Å². The van der Waals surface area contributed by atoms with Crippen LogP contribution in [-0.4, -0.2) is 36.3 Å². The Morgan fingerprint density at radius 2 is 1.88 bits per heavy atom. The number of phenolic OH excluding ortho intramolecular Hbond substituents is 1. The molecule has 0 aliphatic rings. The van der Waals surface area contributed by atoms with Crippen molar-refractivity contribution in [1.29, 1.82) is 5.26 Å². The summed E-state index contributed by atoms with van der Waals surface area (Å²) in [4.78, 5) is 21.2. The lowest BCUT2D eigenvalue weighted by Gasteiger charge is -2.21. The number of benzene rings is 2. The van der Waals surface area contributed by atoms with Gasteiger partial charge in [-0.25, -0.2) is 9.97 Å². The summed E-state index contributed by atoms with van der Waals surface area (Å²) in [5.41, 5.74) is -0.195. The number of hydrogen-bond acceptors (Lipinski definition) is 8. The molecular formula is C23H20N8O2. The molecule has 2 N–H and O–H groups in total. The maximum Gasteiger partial charge on any atom is 0.256 e. The number of fused-ring (bicyclic) bond motifs is 1. The maximum atomic E-state index is 13.0. The van der Waals surface area contributed by atoms with E-state index in [9.17, 15) is 15.2 Å². The van der Waals surface area contributed by atoms with Gasteiger partial charge >= 0.3 is 0 Å². The molecule has 0 aliphatic carbocycles. The zero-order chi connectivity index (χ0) is 23.6. The van der Waals surface area contributed by atoms with E-state index in [0.717, 1.165) is 0 Å². The standard InChI is InChI=1S/C23H20N8O2/c1-23(2,3)28-21(33)18-16-8-5-4-7-14(16)11-17(19(18)32)29-30-20-15(12-24)13-27-31(20)22-25-9-6-10-26-22/h4-11,13,32H,1-3H3,(H,28,33). The highest BCUT2D eigenvalue weighted by Crippen LogP contribution is 2.38. The Balaban J connectivity index is 1.84. The number of phenols is 1. The topological polar surface area (TPSA) is 141 Å². The second-order valence-electron chi connectivity index (χ2n) is 8.20. The van der Waals surface area contributed by atoms with Crippen molar-refractivity contribution in [3.8, 4) is 17.8 Å². The molecule has 0 unspecified atom stereocenters. The van der Waals surface area contributed by atoms with Crippen LogP contribution in [-0.2, 0) is 0 Å². The molecule has 33 heavy (non-hydrogen) atoms. The van der Waals surface area contributed by atoms with Gasteiger partial charge in [-0.15, -0.1) is 10.2 Å². The molecule has 2 aromatic carbocycles. The van der Waals surface area contributed by atoms with Crippen molar-refractivity contribution >= 4 is 28.2 Å². The van der Waals surface area contributed by atoms with E-state index in [-0.39, 0.29) is 34.3 Å². The zero-order valence-electron chi connectivity index (χ0n) is 18.2. The molecule has 2 aromatic heterocycles. The molecule has 0 saturated heterocycles. The molecule has 0 fully saturated rings. The van der Waals surface area contributed by atoms with E-state index in [4.69, 9.17) is 0 Å². The molecule has 4 aromatic rings. The fraction of sp³-hybridized carbons (Fsp3) is 0.174. The number of nitrogens with one attached hydrogen (secondary N) is 1. The molecular weight excluding hydrogens is 420 g/mol. The third-order valence-electron chi connectivity index (χ3n) is 4.58. The molecule has 0 spiro atoms. The number of azo groups is 1. The molecule has 0 radical (unpaired) electrons. The van der Waals surface area contributed by atoms with Crippen LogP contribution in [0.2, 0.25) is 0 Å². The van der Waals surface area contributed by atoms with E-state index in [1.165, 1.54) is 23.3 Å². The van der Waals surface area contributed by atoms with Crippen molar-refractivity contribution in [3.05, 3.63) is 66.1 Å². The van der Waals surface area contributed by atoms with Crippen molar-refractivity contribution in [1.82, 2.24) is 25.1 Å². The van der Waals surface area contributed by atoms with E-state index >= 15 is 0 Å². The van der Waals surface area contributed by atoms with Gasteiger partial charge in [0, 0.05) is 17.9 Å². The summed E-state index contributed by atoms with van der Waals surface area (Å²) < 4.78 is 1.27. The van der Waals surface area contributed by atoms with Gasteiger partial charge in [-0.2, -0.15) is 15.0 Å². The number of hydrogen-bond donors (Lipinski definition) is 2. The summed E-state index contributed by atoms with van der Waals surface area (Å²) in [5.74, 6) is -0.452. The lowest BCUT2D eigenvalue weighted by molar-refractivity contribution is 0.0918. The number of carbonyl (C=O) groups is 1. The van der Waals surface area contributed by atoms with Crippen molar-refractivity contribution in [3.63, 3.8) is 0 Å². The van der Waals surface area contributed by atoms with Crippen molar-refractivity contribution in [2.75, 3.05) is 0 Å². The molecule has 1 amide bonds. The van der Waals surface area contributed by atoms with Gasteiger partial charge in [0.25, 0.3) is 11.9 Å². The minimum absolute atomic E-state index is 0.0679. The van der Waals surface area contributed by atoms with Crippen molar-refractivity contribution in [2.45, 2.75) is 26.3 Å². The number of carbonyl (C=O) groups excluding carboxylic acids is 1. The third-order valence-corrected chi connectivity index (χ3v) is 4.58. The van der Waals surface area contributed by atoms with Gasteiger partial charge in [0.1, 0.15) is 17.3 Å². The van der Waals surface area contributed by atoms with Crippen LogP contribution in [0.25, 0.3) is 16.7 Å². The van der Waals surface area contributed by atoms with Crippen LogP contribution in [0.3, 0.4) is 0 Å². The molecule has 10 heteroatoms. The normalized spacial score (nSPS) is 11.6. The Kier molecular flexibility index (Phi) is 5.54. The summed E-state index contributed by atoms with van der Waals surface area (Å²) in [6, 6.07) is 12.4. The van der Waals surface area contributed by atoms with Gasteiger partial charge in [0.2, 0.25) is 0 Å². The fourth-order valence-electron chi connectivity index (χ4n) is 3.20. The van der Waals surface area contributed by atoms with Crippen LogP contribution in [0.5, 0.6) is 5.75 Å². The Morgan fingerprint density at radius 1 is 1.15 bits per heavy atom. The minimum Gasteiger partial charge on any atom is -0.505 e. The molecule has 0 saturated carbocycles. The average molecular weight is 440 g/mol. The van der Waals surface area contributed by atoms with Gasteiger partial charge in [-0.1, -0.05) is 24.3 Å². The molecule has 164 valence electrons. The first-order valence-corrected chi connectivity index (χ1v) is 10.0. The van der Waals surface area contributed by atoms with Gasteiger partial charge in [-0.05, 0) is 43.7 Å².